The molecule has 1 fully saturated rings. The second-order valence-corrected chi connectivity index (χ2v) is 6.83. The number of rotatable bonds is 4. The number of ether oxygens (including phenoxy) is 1. The molecule has 0 bridgehead atoms. The number of hydrogen-bond donors (Lipinski definition) is 1. The Kier molecular flexibility index (Phi) is 4.99. The van der Waals surface area contributed by atoms with Gasteiger partial charge in [-0.3, -0.25) is 4.90 Å². The molecular weight excluding hydrogens is 302 g/mol. The highest BCUT2D eigenvalue weighted by molar-refractivity contribution is 9.11. The molecule has 0 spiro atoms. The Morgan fingerprint density at radius 2 is 2.47 bits per heavy atom. The Morgan fingerprint density at radius 1 is 1.65 bits per heavy atom. The molecule has 2 rings (SSSR count). The highest BCUT2D eigenvalue weighted by Gasteiger charge is 2.26. The summed E-state index contributed by atoms with van der Waals surface area (Å²) in [5.74, 6) is 0. The van der Waals surface area contributed by atoms with Crippen LogP contribution in [-0.2, 0) is 11.2 Å². The zero-order chi connectivity index (χ0) is 12.3. The van der Waals surface area contributed by atoms with Crippen LogP contribution in [0.4, 0.5) is 0 Å². The van der Waals surface area contributed by atoms with Crippen LogP contribution in [0.3, 0.4) is 0 Å². The van der Waals surface area contributed by atoms with Crippen molar-refractivity contribution in [1.29, 1.82) is 0 Å². The number of thiophene rings is 1. The Labute approximate surface area is 115 Å². The van der Waals surface area contributed by atoms with Gasteiger partial charge in [-0.2, -0.15) is 0 Å². The molecule has 1 aromatic rings. The Balaban J connectivity index is 1.88. The van der Waals surface area contributed by atoms with Crippen LogP contribution in [0.15, 0.2) is 15.9 Å². The Bertz CT molecular complexity index is 358. The van der Waals surface area contributed by atoms with Crippen LogP contribution in [0.25, 0.3) is 0 Å². The summed E-state index contributed by atoms with van der Waals surface area (Å²) in [5, 5.41) is 10.2. The van der Waals surface area contributed by atoms with Gasteiger partial charge >= 0.3 is 0 Å². The second kappa shape index (κ2) is 6.29. The van der Waals surface area contributed by atoms with E-state index < -0.39 is 6.10 Å². The minimum atomic E-state index is -0.408. The molecule has 1 saturated heterocycles. The molecule has 0 saturated carbocycles. The zero-order valence-corrected chi connectivity index (χ0v) is 12.3. The van der Waals surface area contributed by atoms with Gasteiger partial charge < -0.3 is 9.84 Å². The van der Waals surface area contributed by atoms with Gasteiger partial charge in [0.15, 0.2) is 0 Å². The van der Waals surface area contributed by atoms with Gasteiger partial charge in [0.05, 0.1) is 22.6 Å². The summed E-state index contributed by atoms with van der Waals surface area (Å²) in [7, 11) is 0. The average molecular weight is 320 g/mol. The smallest absolute Gasteiger partial charge is 0.0964 e. The van der Waals surface area contributed by atoms with Gasteiger partial charge in [-0.1, -0.05) is 6.92 Å². The first-order valence-corrected chi connectivity index (χ1v) is 7.56. The lowest BCUT2D eigenvalue weighted by atomic mass is 10.1. The van der Waals surface area contributed by atoms with E-state index in [4.69, 9.17) is 4.74 Å². The van der Waals surface area contributed by atoms with Gasteiger partial charge in [0.25, 0.3) is 0 Å². The minimum Gasteiger partial charge on any atom is -0.390 e. The number of nitrogens with zero attached hydrogens (tertiary/aromatic N) is 1. The van der Waals surface area contributed by atoms with Crippen molar-refractivity contribution >= 4 is 27.3 Å². The molecule has 0 aliphatic carbocycles. The SMILES string of the molecule is CCN1CCOC(C(O)Cc2ccc(Br)s2)C1. The lowest BCUT2D eigenvalue weighted by Crippen LogP contribution is -2.48. The van der Waals surface area contributed by atoms with E-state index in [1.165, 1.54) is 4.88 Å². The summed E-state index contributed by atoms with van der Waals surface area (Å²) in [6.07, 6.45) is 0.220. The summed E-state index contributed by atoms with van der Waals surface area (Å²) >= 11 is 5.11. The summed E-state index contributed by atoms with van der Waals surface area (Å²) in [4.78, 5) is 3.52. The monoisotopic (exact) mass is 319 g/mol. The maximum Gasteiger partial charge on any atom is 0.0964 e. The number of halogens is 1. The molecule has 2 heterocycles. The van der Waals surface area contributed by atoms with Crippen molar-refractivity contribution in [2.24, 2.45) is 0 Å². The van der Waals surface area contributed by atoms with E-state index in [0.29, 0.717) is 6.42 Å². The molecule has 1 aliphatic heterocycles. The van der Waals surface area contributed by atoms with Crippen molar-refractivity contribution in [3.8, 4) is 0 Å². The largest absolute Gasteiger partial charge is 0.390 e. The first-order valence-electron chi connectivity index (χ1n) is 5.95. The Hall–Kier alpha value is 0.0600. The van der Waals surface area contributed by atoms with E-state index in [0.717, 1.165) is 30.0 Å². The molecule has 1 N–H and O–H groups in total. The van der Waals surface area contributed by atoms with E-state index in [1.54, 1.807) is 11.3 Å². The zero-order valence-electron chi connectivity index (χ0n) is 9.93. The fourth-order valence-electron chi connectivity index (χ4n) is 2.05. The second-order valence-electron chi connectivity index (χ2n) is 4.28. The van der Waals surface area contributed by atoms with Crippen molar-refractivity contribution in [2.45, 2.75) is 25.6 Å². The van der Waals surface area contributed by atoms with Crippen molar-refractivity contribution < 1.29 is 9.84 Å². The third-order valence-corrected chi connectivity index (χ3v) is 4.74. The number of likely N-dealkylation sites (N-methyl/N-ethyl adjacent to an activating group) is 1. The molecule has 0 radical (unpaired) electrons. The molecule has 1 aliphatic rings. The summed E-state index contributed by atoms with van der Waals surface area (Å²) in [5.41, 5.74) is 0. The maximum absolute atomic E-state index is 10.2. The quantitative estimate of drug-likeness (QED) is 0.923. The van der Waals surface area contributed by atoms with Gasteiger partial charge in [-0.05, 0) is 34.6 Å². The topological polar surface area (TPSA) is 32.7 Å². The molecule has 2 atom stereocenters. The summed E-state index contributed by atoms with van der Waals surface area (Å²) in [6, 6.07) is 4.07. The number of aliphatic hydroxyl groups excluding tert-OH is 1. The van der Waals surface area contributed by atoms with Crippen LogP contribution in [0, 0.1) is 0 Å². The molecule has 1 aromatic heterocycles. The summed E-state index contributed by atoms with van der Waals surface area (Å²) < 4.78 is 6.76. The first-order chi connectivity index (χ1) is 8.19. The molecule has 0 amide bonds. The Morgan fingerprint density at radius 3 is 3.12 bits per heavy atom. The molecule has 2 unspecified atom stereocenters. The fourth-order valence-corrected chi connectivity index (χ4v) is 3.58. The lowest BCUT2D eigenvalue weighted by molar-refractivity contribution is -0.0865. The van der Waals surface area contributed by atoms with Crippen LogP contribution < -0.4 is 0 Å². The van der Waals surface area contributed by atoms with Gasteiger partial charge in [0.2, 0.25) is 0 Å². The molecule has 17 heavy (non-hydrogen) atoms. The number of morpholine rings is 1. The highest BCUT2D eigenvalue weighted by atomic mass is 79.9. The van der Waals surface area contributed by atoms with Crippen LogP contribution in [0.1, 0.15) is 11.8 Å². The highest BCUT2D eigenvalue weighted by Crippen LogP contribution is 2.24. The van der Waals surface area contributed by atoms with Gasteiger partial charge in [-0.15, -0.1) is 11.3 Å². The lowest BCUT2D eigenvalue weighted by Gasteiger charge is -2.34. The van der Waals surface area contributed by atoms with Crippen molar-refractivity contribution in [3.05, 3.63) is 20.8 Å². The van der Waals surface area contributed by atoms with Crippen LogP contribution in [-0.4, -0.2) is 48.5 Å². The molecule has 96 valence electrons. The van der Waals surface area contributed by atoms with Crippen LogP contribution >= 0.6 is 27.3 Å². The van der Waals surface area contributed by atoms with Crippen molar-refractivity contribution in [2.75, 3.05) is 26.2 Å². The first kappa shape index (κ1) is 13.5. The molecule has 3 nitrogen and oxygen atoms in total. The normalized spacial score (nSPS) is 23.8. The minimum absolute atomic E-state index is 0.0513. The number of aliphatic hydroxyl groups is 1. The predicted molar refractivity (Wildman–Crippen MR) is 73.6 cm³/mol. The molecule has 0 aromatic carbocycles. The molecule has 5 heteroatoms. The third kappa shape index (κ3) is 3.76. The van der Waals surface area contributed by atoms with Crippen LogP contribution in [0.5, 0.6) is 0 Å². The van der Waals surface area contributed by atoms with E-state index in [-0.39, 0.29) is 6.10 Å². The van der Waals surface area contributed by atoms with E-state index in [9.17, 15) is 5.11 Å². The number of hydrogen-bond acceptors (Lipinski definition) is 4. The third-order valence-electron chi connectivity index (χ3n) is 3.09. The van der Waals surface area contributed by atoms with Gasteiger partial charge in [0, 0.05) is 24.4 Å². The standard InChI is InChI=1S/C12H18BrNO2S/c1-2-14-5-6-16-11(8-14)10(15)7-9-3-4-12(13)17-9/h3-4,10-11,15H,2,5-8H2,1H3. The molecular formula is C12H18BrNO2S. The van der Waals surface area contributed by atoms with E-state index in [2.05, 4.69) is 33.8 Å². The van der Waals surface area contributed by atoms with E-state index in [1.807, 2.05) is 6.07 Å². The average Bonchev–Trinajstić information content (AvgIpc) is 2.75. The van der Waals surface area contributed by atoms with Crippen LogP contribution in [0.2, 0.25) is 0 Å². The predicted octanol–water partition coefficient (Wildman–Crippen LogP) is 2.13. The summed E-state index contributed by atoms with van der Waals surface area (Å²) in [6.45, 7) is 5.71. The maximum atomic E-state index is 10.2. The van der Waals surface area contributed by atoms with Crippen molar-refractivity contribution in [3.63, 3.8) is 0 Å². The van der Waals surface area contributed by atoms with E-state index >= 15 is 0 Å². The van der Waals surface area contributed by atoms with Crippen molar-refractivity contribution in [1.82, 2.24) is 4.90 Å². The van der Waals surface area contributed by atoms with Gasteiger partial charge in [0.1, 0.15) is 0 Å². The fraction of sp³-hybridized carbons (Fsp3) is 0.667. The van der Waals surface area contributed by atoms with Gasteiger partial charge in [-0.25, -0.2) is 0 Å².